The Morgan fingerprint density at radius 1 is 1.14 bits per heavy atom. The lowest BCUT2D eigenvalue weighted by Gasteiger charge is -2.31. The highest BCUT2D eigenvalue weighted by Crippen LogP contribution is 2.38. The van der Waals surface area contributed by atoms with E-state index in [9.17, 15) is 0 Å². The molecule has 2 aromatic heterocycles. The van der Waals surface area contributed by atoms with Gasteiger partial charge in [0.15, 0.2) is 0 Å². The molecular formula is C14H19N7S. The van der Waals surface area contributed by atoms with Crippen molar-refractivity contribution in [2.24, 2.45) is 5.92 Å². The lowest BCUT2D eigenvalue weighted by atomic mass is 10.00. The van der Waals surface area contributed by atoms with E-state index < -0.39 is 0 Å². The van der Waals surface area contributed by atoms with Crippen LogP contribution in [0.4, 0.5) is 11.6 Å². The number of nitrogens with one attached hydrogen (secondary N) is 1. The minimum absolute atomic E-state index is 0.799. The summed E-state index contributed by atoms with van der Waals surface area (Å²) in [6.07, 6.45) is 2.41. The average molecular weight is 317 g/mol. The summed E-state index contributed by atoms with van der Waals surface area (Å²) in [4.78, 5) is 11.8. The van der Waals surface area contributed by atoms with Gasteiger partial charge in [-0.05, 0) is 44.4 Å². The molecule has 7 nitrogen and oxygen atoms in total. The lowest BCUT2D eigenvalue weighted by Crippen LogP contribution is -2.34. The van der Waals surface area contributed by atoms with E-state index in [0.717, 1.165) is 52.3 Å². The maximum atomic E-state index is 4.77. The van der Waals surface area contributed by atoms with Crippen LogP contribution in [-0.2, 0) is 0 Å². The number of hydrogen-bond acceptors (Lipinski definition) is 7. The fourth-order valence-corrected chi connectivity index (χ4v) is 3.77. The lowest BCUT2D eigenvalue weighted by molar-refractivity contribution is 0.433. The predicted molar refractivity (Wildman–Crippen MR) is 85.3 cm³/mol. The second kappa shape index (κ2) is 5.12. The predicted octanol–water partition coefficient (Wildman–Crippen LogP) is 2.26. The van der Waals surface area contributed by atoms with Gasteiger partial charge in [-0.25, -0.2) is 14.6 Å². The molecule has 0 aliphatic carbocycles. The van der Waals surface area contributed by atoms with Crippen molar-refractivity contribution in [1.82, 2.24) is 24.8 Å². The number of aryl methyl sites for hydroxylation is 2. The molecule has 2 aromatic rings. The van der Waals surface area contributed by atoms with Gasteiger partial charge in [0.25, 0.3) is 0 Å². The zero-order valence-electron chi connectivity index (χ0n) is 13.0. The highest BCUT2D eigenvalue weighted by molar-refractivity contribution is 7.99. The van der Waals surface area contributed by atoms with Crippen molar-refractivity contribution in [1.29, 1.82) is 0 Å². The molecule has 2 aliphatic rings. The van der Waals surface area contributed by atoms with E-state index in [2.05, 4.69) is 27.4 Å². The normalized spacial score (nSPS) is 17.9. The summed E-state index contributed by atoms with van der Waals surface area (Å²) >= 11 is 1.55. The summed E-state index contributed by atoms with van der Waals surface area (Å²) in [5.41, 5.74) is 5.24. The van der Waals surface area contributed by atoms with Gasteiger partial charge in [-0.2, -0.15) is 0 Å². The first-order valence-electron chi connectivity index (χ1n) is 7.62. The first-order valence-corrected chi connectivity index (χ1v) is 8.44. The Balaban J connectivity index is 1.67. The number of aromatic nitrogens is 5. The molecule has 2 aliphatic heterocycles. The monoisotopic (exact) mass is 317 g/mol. The van der Waals surface area contributed by atoms with Crippen molar-refractivity contribution in [3.63, 3.8) is 0 Å². The first-order chi connectivity index (χ1) is 10.6. The third kappa shape index (κ3) is 2.22. The summed E-state index contributed by atoms with van der Waals surface area (Å²) < 4.78 is 1.88. The minimum Gasteiger partial charge on any atom is -0.341 e. The molecule has 22 heavy (non-hydrogen) atoms. The number of nitrogens with zero attached hydrogens (tertiary/aromatic N) is 6. The van der Waals surface area contributed by atoms with E-state index in [1.54, 1.807) is 11.8 Å². The maximum Gasteiger partial charge on any atom is 0.226 e. The average Bonchev–Trinajstić information content (AvgIpc) is 2.87. The van der Waals surface area contributed by atoms with Crippen molar-refractivity contribution in [2.45, 2.75) is 43.8 Å². The molecule has 0 radical (unpaired) electrons. The fourth-order valence-electron chi connectivity index (χ4n) is 2.82. The Kier molecular flexibility index (Phi) is 3.21. The molecule has 0 bridgehead atoms. The first kappa shape index (κ1) is 13.8. The Labute approximate surface area is 133 Å². The van der Waals surface area contributed by atoms with Crippen molar-refractivity contribution in [2.75, 3.05) is 23.4 Å². The van der Waals surface area contributed by atoms with Crippen molar-refractivity contribution >= 4 is 23.4 Å². The molecule has 0 saturated carbocycles. The number of hydrogen-bond donors (Lipinski definition) is 1. The van der Waals surface area contributed by atoms with Crippen LogP contribution >= 0.6 is 11.8 Å². The van der Waals surface area contributed by atoms with E-state index in [1.807, 2.05) is 18.5 Å². The van der Waals surface area contributed by atoms with Crippen molar-refractivity contribution in [3.8, 4) is 0 Å². The molecule has 8 heteroatoms. The van der Waals surface area contributed by atoms with Gasteiger partial charge in [0.1, 0.15) is 16.5 Å². The molecule has 0 spiro atoms. The molecule has 1 N–H and O–H groups in total. The van der Waals surface area contributed by atoms with Gasteiger partial charge in [-0.1, -0.05) is 6.92 Å². The standard InChI is InChI=1S/C14H19N7S/c1-8-4-6-20(7-5-8)13-15-9(2)11-12(16-13)22-14-18-17-10(3)21(14)19-11/h8,19H,4-7H2,1-3H3. The van der Waals surface area contributed by atoms with E-state index in [0.29, 0.717) is 0 Å². The SMILES string of the molecule is Cc1nc(N2CCC(C)CC2)nc2c1Nn1c(C)nnc1S2. The number of piperidine rings is 1. The molecule has 0 unspecified atom stereocenters. The number of rotatable bonds is 1. The zero-order valence-corrected chi connectivity index (χ0v) is 13.8. The van der Waals surface area contributed by atoms with Crippen LogP contribution in [0.5, 0.6) is 0 Å². The smallest absolute Gasteiger partial charge is 0.226 e. The topological polar surface area (TPSA) is 71.8 Å². The van der Waals surface area contributed by atoms with Crippen LogP contribution in [-0.4, -0.2) is 37.9 Å². The Morgan fingerprint density at radius 3 is 2.68 bits per heavy atom. The van der Waals surface area contributed by atoms with Gasteiger partial charge in [0.2, 0.25) is 11.1 Å². The van der Waals surface area contributed by atoms with E-state index in [-0.39, 0.29) is 0 Å². The zero-order chi connectivity index (χ0) is 15.3. The molecule has 4 heterocycles. The molecule has 0 aromatic carbocycles. The largest absolute Gasteiger partial charge is 0.341 e. The second-order valence-electron chi connectivity index (χ2n) is 6.04. The van der Waals surface area contributed by atoms with Gasteiger partial charge in [0, 0.05) is 13.1 Å². The molecule has 0 atom stereocenters. The van der Waals surface area contributed by atoms with Crippen LogP contribution in [0.2, 0.25) is 0 Å². The molecule has 1 fully saturated rings. The highest BCUT2D eigenvalue weighted by atomic mass is 32.2. The van der Waals surface area contributed by atoms with Gasteiger partial charge in [-0.3, -0.25) is 5.43 Å². The number of anilines is 2. The maximum absolute atomic E-state index is 4.77. The van der Waals surface area contributed by atoms with Crippen LogP contribution in [0.1, 0.15) is 31.3 Å². The van der Waals surface area contributed by atoms with Gasteiger partial charge in [0.05, 0.1) is 5.69 Å². The highest BCUT2D eigenvalue weighted by Gasteiger charge is 2.26. The summed E-state index contributed by atoms with van der Waals surface area (Å²) in [5, 5.41) is 10.0. The van der Waals surface area contributed by atoms with Crippen LogP contribution in [0.3, 0.4) is 0 Å². The Bertz CT molecular complexity index is 718. The Morgan fingerprint density at radius 2 is 1.91 bits per heavy atom. The van der Waals surface area contributed by atoms with Crippen LogP contribution in [0.25, 0.3) is 0 Å². The fraction of sp³-hybridized carbons (Fsp3) is 0.571. The third-order valence-electron chi connectivity index (χ3n) is 4.32. The molecule has 4 rings (SSSR count). The quantitative estimate of drug-likeness (QED) is 0.690. The molecular weight excluding hydrogens is 298 g/mol. The number of fused-ring (bicyclic) bond motifs is 2. The Hall–Kier alpha value is -1.83. The van der Waals surface area contributed by atoms with E-state index in [4.69, 9.17) is 9.97 Å². The molecule has 116 valence electrons. The van der Waals surface area contributed by atoms with Crippen molar-refractivity contribution in [3.05, 3.63) is 11.5 Å². The van der Waals surface area contributed by atoms with Crippen LogP contribution < -0.4 is 10.3 Å². The van der Waals surface area contributed by atoms with Gasteiger partial charge < -0.3 is 4.90 Å². The summed E-state index contributed by atoms with van der Waals surface area (Å²) in [7, 11) is 0. The summed E-state index contributed by atoms with van der Waals surface area (Å²) in [6.45, 7) is 8.33. The van der Waals surface area contributed by atoms with Crippen LogP contribution in [0, 0.1) is 19.8 Å². The van der Waals surface area contributed by atoms with Crippen molar-refractivity contribution < 1.29 is 0 Å². The third-order valence-corrected chi connectivity index (χ3v) is 5.25. The molecule has 1 saturated heterocycles. The molecule has 0 amide bonds. The van der Waals surface area contributed by atoms with Gasteiger partial charge >= 0.3 is 0 Å². The van der Waals surface area contributed by atoms with Gasteiger partial charge in [-0.15, -0.1) is 10.2 Å². The summed E-state index contributed by atoms with van der Waals surface area (Å²) in [5.74, 6) is 2.47. The minimum atomic E-state index is 0.799. The van der Waals surface area contributed by atoms with Crippen LogP contribution in [0.15, 0.2) is 10.2 Å². The second-order valence-corrected chi connectivity index (χ2v) is 6.99. The van der Waals surface area contributed by atoms with E-state index in [1.165, 1.54) is 12.8 Å². The van der Waals surface area contributed by atoms with E-state index >= 15 is 0 Å². The summed E-state index contributed by atoms with van der Waals surface area (Å²) in [6, 6.07) is 0.